The van der Waals surface area contributed by atoms with Crippen LogP contribution >= 0.6 is 0 Å². The molecule has 146 valence electrons. The zero-order valence-electron chi connectivity index (χ0n) is 15.7. The number of fused-ring (bicyclic) bond motifs is 1. The number of nitrogens with zero attached hydrogens (tertiary/aromatic N) is 3. The lowest BCUT2D eigenvalue weighted by atomic mass is 10.1. The monoisotopic (exact) mass is 383 g/mol. The number of carbonyl (C=O) groups is 2. The molecule has 0 N–H and O–H groups in total. The molecule has 0 spiro atoms. The molecule has 28 heavy (non-hydrogen) atoms. The van der Waals surface area contributed by atoms with E-state index in [1.54, 1.807) is 35.2 Å². The third-order valence-electron chi connectivity index (χ3n) is 5.19. The summed E-state index contributed by atoms with van der Waals surface area (Å²) in [5.74, 6) is 0.00540. The normalized spacial score (nSPS) is 17.3. The second-order valence-corrected chi connectivity index (χ2v) is 7.17. The minimum Gasteiger partial charge on any atom is -0.482 e. The maximum absolute atomic E-state index is 13.2. The second-order valence-electron chi connectivity index (χ2n) is 7.17. The molecule has 7 heteroatoms. The van der Waals surface area contributed by atoms with Gasteiger partial charge in [0.2, 0.25) is 0 Å². The molecule has 4 rings (SSSR count). The van der Waals surface area contributed by atoms with E-state index in [2.05, 4.69) is 4.90 Å². The molecule has 0 aliphatic carbocycles. The van der Waals surface area contributed by atoms with Crippen LogP contribution in [-0.2, 0) is 11.3 Å². The first kappa shape index (κ1) is 18.4. The van der Waals surface area contributed by atoms with E-state index in [0.29, 0.717) is 36.6 Å². The lowest BCUT2D eigenvalue weighted by molar-refractivity contribution is -0.121. The van der Waals surface area contributed by atoms with Gasteiger partial charge in [-0.05, 0) is 42.9 Å². The average Bonchev–Trinajstić information content (AvgIpc) is 2.71. The summed E-state index contributed by atoms with van der Waals surface area (Å²) in [4.78, 5) is 31.0. The Balaban J connectivity index is 1.60. The highest BCUT2D eigenvalue weighted by molar-refractivity contribution is 6.01. The predicted octanol–water partition coefficient (Wildman–Crippen LogP) is 2.14. The Morgan fingerprint density at radius 2 is 1.79 bits per heavy atom. The highest BCUT2D eigenvalue weighted by Crippen LogP contribution is 2.34. The molecule has 1 saturated heterocycles. The summed E-state index contributed by atoms with van der Waals surface area (Å²) in [5, 5.41) is 0. The lowest BCUT2D eigenvalue weighted by Gasteiger charge is -2.33. The van der Waals surface area contributed by atoms with Crippen LogP contribution in [0.4, 0.5) is 10.1 Å². The molecule has 2 heterocycles. The Kier molecular flexibility index (Phi) is 5.00. The van der Waals surface area contributed by atoms with Crippen LogP contribution in [0.25, 0.3) is 0 Å². The van der Waals surface area contributed by atoms with Crippen molar-refractivity contribution >= 4 is 17.5 Å². The predicted molar refractivity (Wildman–Crippen MR) is 103 cm³/mol. The van der Waals surface area contributed by atoms with Crippen LogP contribution in [0, 0.1) is 5.82 Å². The molecule has 2 amide bonds. The topological polar surface area (TPSA) is 53.1 Å². The van der Waals surface area contributed by atoms with Gasteiger partial charge in [-0.3, -0.25) is 9.59 Å². The van der Waals surface area contributed by atoms with Gasteiger partial charge >= 0.3 is 0 Å². The van der Waals surface area contributed by atoms with Crippen LogP contribution in [0.1, 0.15) is 15.9 Å². The largest absolute Gasteiger partial charge is 0.482 e. The van der Waals surface area contributed by atoms with Crippen LogP contribution in [0.15, 0.2) is 42.5 Å². The van der Waals surface area contributed by atoms with Crippen LogP contribution in [-0.4, -0.2) is 61.4 Å². The van der Waals surface area contributed by atoms with E-state index in [9.17, 15) is 14.0 Å². The number of halogens is 1. The van der Waals surface area contributed by atoms with Crippen LogP contribution in [0.5, 0.6) is 5.75 Å². The van der Waals surface area contributed by atoms with Crippen molar-refractivity contribution < 1.29 is 18.7 Å². The maximum Gasteiger partial charge on any atom is 0.265 e. The Bertz CT molecular complexity index is 892. The number of hydrogen-bond donors (Lipinski definition) is 0. The van der Waals surface area contributed by atoms with Gasteiger partial charge in [0.15, 0.2) is 6.61 Å². The number of piperazine rings is 1. The molecule has 0 aromatic heterocycles. The number of carbonyl (C=O) groups excluding carboxylic acids is 2. The fourth-order valence-electron chi connectivity index (χ4n) is 3.47. The van der Waals surface area contributed by atoms with Gasteiger partial charge in [0.05, 0.1) is 12.2 Å². The van der Waals surface area contributed by atoms with Crippen molar-refractivity contribution in [1.82, 2.24) is 9.80 Å². The maximum atomic E-state index is 13.2. The molecular formula is C21H22FN3O3. The van der Waals surface area contributed by atoms with Crippen molar-refractivity contribution in [2.45, 2.75) is 6.54 Å². The number of likely N-dealkylation sites (N-methyl/N-ethyl adjacent to an activating group) is 1. The first-order valence-electron chi connectivity index (χ1n) is 9.31. The second kappa shape index (κ2) is 7.59. The highest BCUT2D eigenvalue weighted by atomic mass is 19.1. The van der Waals surface area contributed by atoms with Gasteiger partial charge in [-0.15, -0.1) is 0 Å². The van der Waals surface area contributed by atoms with E-state index in [0.717, 1.165) is 18.7 Å². The SMILES string of the molecule is CN1CCN(C(=O)c2ccc3c(c2)N(Cc2ccc(F)cc2)C(=O)CO3)CC1. The molecule has 0 atom stereocenters. The minimum absolute atomic E-state index is 0.0457. The van der Waals surface area contributed by atoms with Gasteiger partial charge in [-0.2, -0.15) is 0 Å². The molecule has 2 aromatic rings. The van der Waals surface area contributed by atoms with Gasteiger partial charge < -0.3 is 19.4 Å². The summed E-state index contributed by atoms with van der Waals surface area (Å²) in [6.07, 6.45) is 0. The Hall–Kier alpha value is -2.93. The van der Waals surface area contributed by atoms with E-state index in [1.807, 2.05) is 11.9 Å². The van der Waals surface area contributed by atoms with E-state index in [-0.39, 0.29) is 24.2 Å². The standard InChI is InChI=1S/C21H22FN3O3/c1-23-8-10-24(11-9-23)21(27)16-4-7-19-18(12-16)25(20(26)14-28-19)13-15-2-5-17(22)6-3-15/h2-7,12H,8-11,13-14H2,1H3. The number of amides is 2. The van der Waals surface area contributed by atoms with Gasteiger partial charge in [0, 0.05) is 31.7 Å². The minimum atomic E-state index is -0.322. The van der Waals surface area contributed by atoms with Crippen molar-refractivity contribution in [3.63, 3.8) is 0 Å². The number of benzene rings is 2. The Labute approximate surface area is 163 Å². The first-order chi connectivity index (χ1) is 13.5. The number of hydrogen-bond acceptors (Lipinski definition) is 4. The number of anilines is 1. The van der Waals surface area contributed by atoms with E-state index in [4.69, 9.17) is 4.74 Å². The van der Waals surface area contributed by atoms with Crippen molar-refractivity contribution in [2.24, 2.45) is 0 Å². The molecule has 0 radical (unpaired) electrons. The smallest absolute Gasteiger partial charge is 0.265 e. The molecule has 0 bridgehead atoms. The summed E-state index contributed by atoms with van der Waals surface area (Å²) in [6, 6.07) is 11.2. The fraction of sp³-hybridized carbons (Fsp3) is 0.333. The summed E-state index contributed by atoms with van der Waals surface area (Å²) in [7, 11) is 2.04. The third kappa shape index (κ3) is 3.71. The number of ether oxygens (including phenoxy) is 1. The van der Waals surface area contributed by atoms with Crippen LogP contribution in [0.2, 0.25) is 0 Å². The summed E-state index contributed by atoms with van der Waals surface area (Å²) in [5.41, 5.74) is 1.91. The van der Waals surface area contributed by atoms with Gasteiger partial charge in [-0.1, -0.05) is 12.1 Å². The molecule has 0 saturated carbocycles. The Morgan fingerprint density at radius 3 is 2.50 bits per heavy atom. The highest BCUT2D eigenvalue weighted by Gasteiger charge is 2.28. The molecule has 2 aliphatic heterocycles. The van der Waals surface area contributed by atoms with Crippen molar-refractivity contribution in [1.29, 1.82) is 0 Å². The summed E-state index contributed by atoms with van der Waals surface area (Å²) >= 11 is 0. The third-order valence-corrected chi connectivity index (χ3v) is 5.19. The molecule has 2 aliphatic rings. The summed E-state index contributed by atoms with van der Waals surface area (Å²) in [6.45, 7) is 3.29. The number of rotatable bonds is 3. The molecular weight excluding hydrogens is 361 g/mol. The fourth-order valence-corrected chi connectivity index (χ4v) is 3.47. The molecule has 0 unspecified atom stereocenters. The van der Waals surface area contributed by atoms with Crippen molar-refractivity contribution in [3.05, 3.63) is 59.4 Å². The van der Waals surface area contributed by atoms with Gasteiger partial charge in [0.25, 0.3) is 11.8 Å². The molecule has 2 aromatic carbocycles. The van der Waals surface area contributed by atoms with Crippen LogP contribution in [0.3, 0.4) is 0 Å². The van der Waals surface area contributed by atoms with Gasteiger partial charge in [-0.25, -0.2) is 4.39 Å². The zero-order valence-corrected chi connectivity index (χ0v) is 15.7. The van der Waals surface area contributed by atoms with E-state index in [1.165, 1.54) is 12.1 Å². The lowest BCUT2D eigenvalue weighted by Crippen LogP contribution is -2.47. The quantitative estimate of drug-likeness (QED) is 0.815. The molecule has 1 fully saturated rings. The average molecular weight is 383 g/mol. The Morgan fingerprint density at radius 1 is 1.07 bits per heavy atom. The van der Waals surface area contributed by atoms with Crippen molar-refractivity contribution in [2.75, 3.05) is 44.7 Å². The first-order valence-corrected chi connectivity index (χ1v) is 9.31. The van der Waals surface area contributed by atoms with E-state index >= 15 is 0 Å². The summed E-state index contributed by atoms with van der Waals surface area (Å²) < 4.78 is 18.7. The van der Waals surface area contributed by atoms with Gasteiger partial charge in [0.1, 0.15) is 11.6 Å². The van der Waals surface area contributed by atoms with Crippen molar-refractivity contribution in [3.8, 4) is 5.75 Å². The zero-order chi connectivity index (χ0) is 19.7. The van der Waals surface area contributed by atoms with E-state index < -0.39 is 0 Å². The van der Waals surface area contributed by atoms with Crippen LogP contribution < -0.4 is 9.64 Å². The molecule has 6 nitrogen and oxygen atoms in total.